The molecule has 0 aromatic heterocycles. The van der Waals surface area contributed by atoms with Gasteiger partial charge in [0.15, 0.2) is 6.61 Å². The molecule has 0 aliphatic rings. The molecule has 4 nitrogen and oxygen atoms in total. The van der Waals surface area contributed by atoms with Crippen LogP contribution < -0.4 is 11.2 Å². The van der Waals surface area contributed by atoms with Crippen LogP contribution in [0.15, 0.2) is 0 Å². The van der Waals surface area contributed by atoms with Crippen LogP contribution in [-0.2, 0) is 9.63 Å². The highest BCUT2D eigenvalue weighted by Gasteiger charge is 2.28. The highest BCUT2D eigenvalue weighted by molar-refractivity contribution is 5.77. The van der Waals surface area contributed by atoms with Gasteiger partial charge in [-0.15, -0.1) is 0 Å². The van der Waals surface area contributed by atoms with E-state index < -0.39 is 24.6 Å². The fourth-order valence-corrected chi connectivity index (χ4v) is 0.671. The van der Waals surface area contributed by atoms with Gasteiger partial charge in [-0.1, -0.05) is 6.92 Å². The lowest BCUT2D eigenvalue weighted by atomic mass is 10.1. The second kappa shape index (κ2) is 5.82. The SMILES string of the molecule is CC(CCN)C(=O)NOCC(F)(F)F. The van der Waals surface area contributed by atoms with Gasteiger partial charge in [-0.05, 0) is 13.0 Å². The molecule has 0 aliphatic heterocycles. The number of hydroxylamine groups is 1. The zero-order valence-electron chi connectivity index (χ0n) is 7.73. The van der Waals surface area contributed by atoms with Crippen molar-refractivity contribution in [3.63, 3.8) is 0 Å². The maximum absolute atomic E-state index is 11.6. The number of amides is 1. The summed E-state index contributed by atoms with van der Waals surface area (Å²) in [5.74, 6) is -1.05. The van der Waals surface area contributed by atoms with E-state index >= 15 is 0 Å². The van der Waals surface area contributed by atoms with Crippen molar-refractivity contribution in [1.29, 1.82) is 0 Å². The van der Waals surface area contributed by atoms with Crippen molar-refractivity contribution in [1.82, 2.24) is 5.48 Å². The van der Waals surface area contributed by atoms with Crippen LogP contribution in [0.4, 0.5) is 13.2 Å². The standard InChI is InChI=1S/C7H13F3N2O2/c1-5(2-3-11)6(13)12-14-4-7(8,9)10/h5H,2-4,11H2,1H3,(H,12,13). The zero-order valence-corrected chi connectivity index (χ0v) is 7.73. The first-order valence-electron chi connectivity index (χ1n) is 4.05. The van der Waals surface area contributed by atoms with Gasteiger partial charge in [0.25, 0.3) is 0 Å². The van der Waals surface area contributed by atoms with Crippen molar-refractivity contribution in [3.05, 3.63) is 0 Å². The van der Waals surface area contributed by atoms with Crippen LogP contribution >= 0.6 is 0 Å². The van der Waals surface area contributed by atoms with Crippen molar-refractivity contribution in [3.8, 4) is 0 Å². The van der Waals surface area contributed by atoms with E-state index in [1.807, 2.05) is 0 Å². The van der Waals surface area contributed by atoms with Gasteiger partial charge in [0.2, 0.25) is 5.91 Å². The molecule has 1 atom stereocenters. The molecule has 7 heteroatoms. The van der Waals surface area contributed by atoms with Gasteiger partial charge in [-0.2, -0.15) is 13.2 Å². The van der Waals surface area contributed by atoms with Crippen LogP contribution in [0.5, 0.6) is 0 Å². The minimum absolute atomic E-state index is 0.299. The summed E-state index contributed by atoms with van der Waals surface area (Å²) in [6, 6.07) is 0. The molecule has 0 aromatic rings. The van der Waals surface area contributed by atoms with Gasteiger partial charge in [-0.3, -0.25) is 9.63 Å². The van der Waals surface area contributed by atoms with E-state index in [9.17, 15) is 18.0 Å². The van der Waals surface area contributed by atoms with Gasteiger partial charge in [-0.25, -0.2) is 5.48 Å². The molecular weight excluding hydrogens is 201 g/mol. The van der Waals surface area contributed by atoms with E-state index in [0.717, 1.165) is 0 Å². The Bertz CT molecular complexity index is 184. The van der Waals surface area contributed by atoms with Crippen LogP contribution in [0.25, 0.3) is 0 Å². The molecule has 1 amide bonds. The summed E-state index contributed by atoms with van der Waals surface area (Å²) in [5.41, 5.74) is 6.87. The first-order chi connectivity index (χ1) is 6.37. The molecule has 84 valence electrons. The predicted molar refractivity (Wildman–Crippen MR) is 43.0 cm³/mol. The quantitative estimate of drug-likeness (QED) is 0.658. The van der Waals surface area contributed by atoms with Crippen LogP contribution in [0, 0.1) is 5.92 Å². The number of carbonyl (C=O) groups excluding carboxylic acids is 1. The summed E-state index contributed by atoms with van der Waals surface area (Å²) in [6.07, 6.45) is -4.04. The summed E-state index contributed by atoms with van der Waals surface area (Å²) in [5, 5.41) is 0. The molecule has 3 N–H and O–H groups in total. The first-order valence-corrected chi connectivity index (χ1v) is 4.05. The van der Waals surface area contributed by atoms with Crippen LogP contribution in [0.3, 0.4) is 0 Å². The third-order valence-electron chi connectivity index (χ3n) is 1.46. The molecule has 0 radical (unpaired) electrons. The Balaban J connectivity index is 3.64. The molecule has 0 spiro atoms. The third kappa shape index (κ3) is 6.67. The molecule has 0 saturated carbocycles. The summed E-state index contributed by atoms with van der Waals surface area (Å²) >= 11 is 0. The topological polar surface area (TPSA) is 64.4 Å². The second-order valence-corrected chi connectivity index (χ2v) is 2.85. The van der Waals surface area contributed by atoms with Crippen molar-refractivity contribution in [2.45, 2.75) is 19.5 Å². The number of hydrogen-bond donors (Lipinski definition) is 2. The van der Waals surface area contributed by atoms with E-state index in [-0.39, 0.29) is 0 Å². The van der Waals surface area contributed by atoms with Gasteiger partial charge in [0, 0.05) is 5.92 Å². The van der Waals surface area contributed by atoms with Crippen molar-refractivity contribution in [2.24, 2.45) is 11.7 Å². The molecule has 14 heavy (non-hydrogen) atoms. The monoisotopic (exact) mass is 214 g/mol. The Morgan fingerprint density at radius 1 is 1.57 bits per heavy atom. The summed E-state index contributed by atoms with van der Waals surface area (Å²) in [6.45, 7) is 0.362. The average molecular weight is 214 g/mol. The third-order valence-corrected chi connectivity index (χ3v) is 1.46. The maximum atomic E-state index is 11.6. The van der Waals surface area contributed by atoms with E-state index in [0.29, 0.717) is 13.0 Å². The highest BCUT2D eigenvalue weighted by Crippen LogP contribution is 2.13. The van der Waals surface area contributed by atoms with Crippen LogP contribution in [-0.4, -0.2) is 25.2 Å². The fourth-order valence-electron chi connectivity index (χ4n) is 0.671. The summed E-state index contributed by atoms with van der Waals surface area (Å²) < 4.78 is 34.7. The van der Waals surface area contributed by atoms with Crippen LogP contribution in [0.2, 0.25) is 0 Å². The molecular formula is C7H13F3N2O2. The lowest BCUT2D eigenvalue weighted by Crippen LogP contribution is -2.33. The van der Waals surface area contributed by atoms with E-state index in [4.69, 9.17) is 5.73 Å². The highest BCUT2D eigenvalue weighted by atomic mass is 19.4. The molecule has 0 aromatic carbocycles. The Kier molecular flexibility index (Phi) is 5.47. The predicted octanol–water partition coefficient (Wildman–Crippen LogP) is 0.581. The maximum Gasteiger partial charge on any atom is 0.414 e. The molecule has 0 heterocycles. The van der Waals surface area contributed by atoms with Gasteiger partial charge in [0.1, 0.15) is 0 Å². The minimum Gasteiger partial charge on any atom is -0.330 e. The van der Waals surface area contributed by atoms with Crippen molar-refractivity contribution in [2.75, 3.05) is 13.2 Å². The first kappa shape index (κ1) is 13.2. The number of carbonyl (C=O) groups is 1. The smallest absolute Gasteiger partial charge is 0.330 e. The van der Waals surface area contributed by atoms with E-state index in [1.165, 1.54) is 0 Å². The number of halogens is 3. The fraction of sp³-hybridized carbons (Fsp3) is 0.857. The number of alkyl halides is 3. The van der Waals surface area contributed by atoms with Gasteiger partial charge < -0.3 is 5.73 Å². The Hall–Kier alpha value is -0.820. The second-order valence-electron chi connectivity index (χ2n) is 2.85. The minimum atomic E-state index is -4.44. The summed E-state index contributed by atoms with van der Waals surface area (Å²) in [7, 11) is 0. The number of rotatable bonds is 5. The Labute approximate surface area is 79.5 Å². The molecule has 0 fully saturated rings. The number of nitrogens with one attached hydrogen (secondary N) is 1. The molecule has 1 unspecified atom stereocenters. The van der Waals surface area contributed by atoms with Gasteiger partial charge >= 0.3 is 6.18 Å². The normalized spacial score (nSPS) is 13.8. The number of nitrogens with two attached hydrogens (primary N) is 1. The van der Waals surface area contributed by atoms with E-state index in [2.05, 4.69) is 4.84 Å². The molecule has 0 bridgehead atoms. The lowest BCUT2D eigenvalue weighted by Gasteiger charge is -2.11. The molecule has 0 saturated heterocycles. The summed E-state index contributed by atoms with van der Waals surface area (Å²) in [4.78, 5) is 14.9. The Morgan fingerprint density at radius 2 is 2.14 bits per heavy atom. The van der Waals surface area contributed by atoms with Crippen LogP contribution in [0.1, 0.15) is 13.3 Å². The van der Waals surface area contributed by atoms with E-state index in [1.54, 1.807) is 12.4 Å². The van der Waals surface area contributed by atoms with Gasteiger partial charge in [0.05, 0.1) is 0 Å². The largest absolute Gasteiger partial charge is 0.414 e. The van der Waals surface area contributed by atoms with Crippen molar-refractivity contribution < 1.29 is 22.8 Å². The molecule has 0 rings (SSSR count). The average Bonchev–Trinajstić information content (AvgIpc) is 2.02. The Morgan fingerprint density at radius 3 is 2.57 bits per heavy atom. The molecule has 0 aliphatic carbocycles. The number of hydrogen-bond acceptors (Lipinski definition) is 3. The lowest BCUT2D eigenvalue weighted by molar-refractivity contribution is -0.192. The zero-order chi connectivity index (χ0) is 11.2. The van der Waals surface area contributed by atoms with Crippen molar-refractivity contribution >= 4 is 5.91 Å².